The zero-order valence-electron chi connectivity index (χ0n) is 31.0. The Balaban J connectivity index is 1.26. The predicted octanol–water partition coefficient (Wildman–Crippen LogP) is 7.83. The number of carbonyl (C=O) groups is 2. The van der Waals surface area contributed by atoms with Crippen LogP contribution in [0.2, 0.25) is 0 Å². The van der Waals surface area contributed by atoms with Crippen LogP contribution in [0.4, 0.5) is 18.9 Å². The molecule has 2 N–H and O–H groups in total. The van der Waals surface area contributed by atoms with Crippen molar-refractivity contribution in [1.82, 2.24) is 19.4 Å². The van der Waals surface area contributed by atoms with E-state index >= 15 is 0 Å². The van der Waals surface area contributed by atoms with Crippen LogP contribution in [0, 0.1) is 19.8 Å². The maximum absolute atomic E-state index is 14.4. The molecule has 2 aliphatic heterocycles. The molecule has 0 spiro atoms. The lowest BCUT2D eigenvalue weighted by Crippen LogP contribution is -2.36. The molecule has 3 heterocycles. The molecule has 4 aromatic rings. The van der Waals surface area contributed by atoms with Crippen molar-refractivity contribution in [3.8, 4) is 16.9 Å². The highest BCUT2D eigenvalue weighted by atomic mass is 19.4. The maximum atomic E-state index is 14.4. The number of imidazole rings is 1. The van der Waals surface area contributed by atoms with Gasteiger partial charge in [0.05, 0.1) is 24.3 Å². The van der Waals surface area contributed by atoms with E-state index in [4.69, 9.17) is 9.72 Å². The number of alkyl halides is 3. The Morgan fingerprint density at radius 3 is 2.40 bits per heavy atom. The van der Waals surface area contributed by atoms with Crippen molar-refractivity contribution in [2.45, 2.75) is 65.8 Å². The van der Waals surface area contributed by atoms with Crippen LogP contribution in [0.1, 0.15) is 75.7 Å². The van der Waals surface area contributed by atoms with E-state index in [1.165, 1.54) is 19.3 Å². The normalized spacial score (nSPS) is 16.8. The molecule has 0 bridgehead atoms. The van der Waals surface area contributed by atoms with Gasteiger partial charge in [-0.1, -0.05) is 42.5 Å². The largest absolute Gasteiger partial charge is 0.496 e. The number of rotatable bonds is 10. The third kappa shape index (κ3) is 7.89. The summed E-state index contributed by atoms with van der Waals surface area (Å²) in [6, 6.07) is 14.3. The molecule has 3 aromatic carbocycles. The first-order valence-corrected chi connectivity index (χ1v) is 17.9. The van der Waals surface area contributed by atoms with Gasteiger partial charge < -0.3 is 19.7 Å². The molecule has 1 amide bonds. The number of hydrogen-bond acceptors (Lipinski definition) is 6. The van der Waals surface area contributed by atoms with Gasteiger partial charge in [-0.15, -0.1) is 0 Å². The van der Waals surface area contributed by atoms with Gasteiger partial charge in [-0.3, -0.25) is 19.4 Å². The number of aliphatic carboxylic acids is 1. The quantitative estimate of drug-likeness (QED) is 0.161. The van der Waals surface area contributed by atoms with E-state index in [1.54, 1.807) is 6.08 Å². The summed E-state index contributed by atoms with van der Waals surface area (Å²) in [4.78, 5) is 33.9. The number of fused-ring (bicyclic) bond motifs is 1. The van der Waals surface area contributed by atoms with Gasteiger partial charge in [-0.25, -0.2) is 4.98 Å². The maximum Gasteiger partial charge on any atom is 0.417 e. The number of ether oxygens (including phenoxy) is 1. The Bertz CT molecular complexity index is 2070. The van der Waals surface area contributed by atoms with Crippen molar-refractivity contribution < 1.29 is 32.6 Å². The van der Waals surface area contributed by atoms with Crippen LogP contribution < -0.4 is 10.1 Å². The van der Waals surface area contributed by atoms with Gasteiger partial charge in [0.25, 0.3) is 5.91 Å². The monoisotopic (exact) mass is 729 g/mol. The van der Waals surface area contributed by atoms with Crippen molar-refractivity contribution in [3.05, 3.63) is 99.1 Å². The molecule has 280 valence electrons. The fourth-order valence-corrected chi connectivity index (χ4v) is 7.49. The van der Waals surface area contributed by atoms with Crippen molar-refractivity contribution >= 4 is 29.7 Å². The number of amides is 1. The Morgan fingerprint density at radius 2 is 1.74 bits per heavy atom. The molecular formula is C41H46F3N5O4. The Hall–Kier alpha value is -4.94. The Kier molecular flexibility index (Phi) is 10.8. The summed E-state index contributed by atoms with van der Waals surface area (Å²) in [7, 11) is 3.30. The fraction of sp³-hybridized carbons (Fsp3) is 0.390. The van der Waals surface area contributed by atoms with Crippen LogP contribution in [0.15, 0.2) is 48.5 Å². The number of nitrogens with zero attached hydrogens (tertiary/aromatic N) is 4. The van der Waals surface area contributed by atoms with E-state index in [-0.39, 0.29) is 24.6 Å². The summed E-state index contributed by atoms with van der Waals surface area (Å²) in [5.74, 6) is -1.07. The summed E-state index contributed by atoms with van der Waals surface area (Å²) in [5, 5.41) is 12.4. The molecule has 6 rings (SSSR count). The average Bonchev–Trinajstić information content (AvgIpc) is 3.72. The number of nitrogens with one attached hydrogen (secondary N) is 1. The number of carboxylic acids is 1. The van der Waals surface area contributed by atoms with E-state index in [2.05, 4.69) is 24.1 Å². The number of anilines is 1. The van der Waals surface area contributed by atoms with Gasteiger partial charge in [0, 0.05) is 62.6 Å². The van der Waals surface area contributed by atoms with Crippen molar-refractivity contribution in [3.63, 3.8) is 0 Å². The van der Waals surface area contributed by atoms with Crippen LogP contribution in [0.5, 0.6) is 5.75 Å². The molecular weight excluding hydrogens is 683 g/mol. The highest BCUT2D eigenvalue weighted by Crippen LogP contribution is 2.39. The molecule has 9 nitrogen and oxygen atoms in total. The molecule has 2 aliphatic rings. The first kappa shape index (κ1) is 37.8. The standard InChI is InChI=1S/C41H46F3N5O4/c1-24(2)49-18-16-36-35(23-49)45-38(47(36)5)39(50)46-34-12-8-11-32(26(34)4)31-10-7-9-27(25(31)3)13-14-28-20-37(53-6)30(19-33(28)41(42,43)44)22-48-17-15-29(21-48)40(51)52/h7-14,19-20,24,29H,15-18,21-23H2,1-6H3,(H,46,50)(H,51,52)/b14-13+. The number of methoxy groups -OCH3 is 1. The first-order valence-electron chi connectivity index (χ1n) is 17.9. The van der Waals surface area contributed by atoms with Crippen molar-refractivity contribution in [2.75, 3.05) is 32.1 Å². The second-order valence-corrected chi connectivity index (χ2v) is 14.3. The summed E-state index contributed by atoms with van der Waals surface area (Å²) in [6.45, 7) is 10.7. The first-order chi connectivity index (χ1) is 25.2. The van der Waals surface area contributed by atoms with Gasteiger partial charge in [0.2, 0.25) is 0 Å². The summed E-state index contributed by atoms with van der Waals surface area (Å²) in [5.41, 5.74) is 6.38. The third-order valence-electron chi connectivity index (χ3n) is 10.7. The van der Waals surface area contributed by atoms with E-state index in [0.717, 1.165) is 58.2 Å². The summed E-state index contributed by atoms with van der Waals surface area (Å²) < 4.78 is 50.7. The zero-order chi connectivity index (χ0) is 38.2. The lowest BCUT2D eigenvalue weighted by molar-refractivity contribution is -0.141. The van der Waals surface area contributed by atoms with Gasteiger partial charge in [0.15, 0.2) is 5.82 Å². The molecule has 1 fully saturated rings. The highest BCUT2D eigenvalue weighted by molar-refractivity contribution is 6.03. The minimum atomic E-state index is -4.63. The predicted molar refractivity (Wildman–Crippen MR) is 200 cm³/mol. The van der Waals surface area contributed by atoms with Crippen LogP contribution >= 0.6 is 0 Å². The molecule has 12 heteroatoms. The smallest absolute Gasteiger partial charge is 0.417 e. The summed E-state index contributed by atoms with van der Waals surface area (Å²) in [6.07, 6.45) is -0.226. The molecule has 0 saturated carbocycles. The number of halogens is 3. The zero-order valence-corrected chi connectivity index (χ0v) is 31.0. The van der Waals surface area contributed by atoms with Crippen molar-refractivity contribution in [2.24, 2.45) is 13.0 Å². The van der Waals surface area contributed by atoms with Gasteiger partial charge in [-0.05, 0) is 92.2 Å². The highest BCUT2D eigenvalue weighted by Gasteiger charge is 2.35. The number of aromatic nitrogens is 2. The number of benzene rings is 3. The van der Waals surface area contributed by atoms with Gasteiger partial charge >= 0.3 is 12.1 Å². The lowest BCUT2D eigenvalue weighted by Gasteiger charge is -2.29. The number of likely N-dealkylation sites (tertiary alicyclic amines) is 1. The second kappa shape index (κ2) is 15.2. The van der Waals surface area contributed by atoms with E-state index in [9.17, 15) is 27.9 Å². The van der Waals surface area contributed by atoms with Gasteiger partial charge in [0.1, 0.15) is 5.75 Å². The third-order valence-corrected chi connectivity index (χ3v) is 10.7. The lowest BCUT2D eigenvalue weighted by atomic mass is 9.92. The molecule has 0 radical (unpaired) electrons. The van der Waals surface area contributed by atoms with Gasteiger partial charge in [-0.2, -0.15) is 13.2 Å². The van der Waals surface area contributed by atoms with Crippen LogP contribution in [0.25, 0.3) is 23.3 Å². The number of carbonyl (C=O) groups excluding carboxylic acids is 1. The topological polar surface area (TPSA) is 99.9 Å². The molecule has 53 heavy (non-hydrogen) atoms. The molecule has 1 saturated heterocycles. The molecule has 1 aromatic heterocycles. The number of carboxylic acid groups (broad SMARTS) is 1. The second-order valence-electron chi connectivity index (χ2n) is 14.3. The van der Waals surface area contributed by atoms with E-state index in [1.807, 2.05) is 66.8 Å². The fourth-order valence-electron chi connectivity index (χ4n) is 7.49. The average molecular weight is 730 g/mol. The Labute approximate surface area is 308 Å². The van der Waals surface area contributed by atoms with Crippen molar-refractivity contribution in [1.29, 1.82) is 0 Å². The van der Waals surface area contributed by atoms with Crippen LogP contribution in [-0.2, 0) is 37.5 Å². The summed E-state index contributed by atoms with van der Waals surface area (Å²) >= 11 is 0. The molecule has 1 unspecified atom stereocenters. The minimum Gasteiger partial charge on any atom is -0.496 e. The van der Waals surface area contributed by atoms with E-state index in [0.29, 0.717) is 48.4 Å². The minimum absolute atomic E-state index is 0.0403. The molecule has 1 atom stereocenters. The van der Waals surface area contributed by atoms with E-state index < -0.39 is 23.6 Å². The van der Waals surface area contributed by atoms with Crippen LogP contribution in [0.3, 0.4) is 0 Å². The van der Waals surface area contributed by atoms with Crippen LogP contribution in [-0.4, -0.2) is 69.1 Å². The molecule has 0 aliphatic carbocycles. The SMILES string of the molecule is COc1cc(/C=C/c2cccc(-c3cccc(NC(=O)c4nc5c(n4C)CCN(C(C)C)C5)c3C)c2C)c(C(F)(F)F)cc1CN1CCC(C(=O)O)C1. The number of hydrogen-bond donors (Lipinski definition) is 2. The Morgan fingerprint density at radius 1 is 1.04 bits per heavy atom.